The maximum absolute atomic E-state index is 9.20. The Bertz CT molecular complexity index is 629. The molecule has 3 nitrogen and oxygen atoms in total. The van der Waals surface area contributed by atoms with Crippen molar-refractivity contribution in [2.24, 2.45) is 0 Å². The molecule has 0 aliphatic heterocycles. The van der Waals surface area contributed by atoms with Gasteiger partial charge in [0.05, 0.1) is 11.3 Å². The molecule has 0 aliphatic rings. The van der Waals surface area contributed by atoms with Gasteiger partial charge in [-0.1, -0.05) is 23.9 Å². The molecule has 0 aliphatic carbocycles. The van der Waals surface area contributed by atoms with Crippen LogP contribution in [0, 0.1) is 25.2 Å². The van der Waals surface area contributed by atoms with Gasteiger partial charge < -0.3 is 5.73 Å². The quantitative estimate of drug-likeness (QED) is 0.836. The molecule has 2 rings (SSSR count). The van der Waals surface area contributed by atoms with Crippen LogP contribution in [0.1, 0.15) is 17.0 Å². The molecule has 0 spiro atoms. The second kappa shape index (κ2) is 5.11. The summed E-state index contributed by atoms with van der Waals surface area (Å²) in [5, 5.41) is 9.20. The molecule has 1 aromatic carbocycles. The molecule has 2 N–H and O–H groups in total. The molecule has 0 amide bonds. The summed E-state index contributed by atoms with van der Waals surface area (Å²) in [5.74, 6) is 0. The van der Waals surface area contributed by atoms with Gasteiger partial charge in [-0.3, -0.25) is 4.98 Å². The Morgan fingerprint density at radius 2 is 1.94 bits per heavy atom. The number of nitrogens with zero attached hydrogens (tertiary/aromatic N) is 2. The van der Waals surface area contributed by atoms with E-state index in [1.807, 2.05) is 44.2 Å². The molecular weight excluding hydrogens is 242 g/mol. The number of aryl methyl sites for hydroxylation is 2. The van der Waals surface area contributed by atoms with Crippen molar-refractivity contribution in [3.63, 3.8) is 0 Å². The molecule has 0 saturated heterocycles. The van der Waals surface area contributed by atoms with Gasteiger partial charge in [0.1, 0.15) is 6.07 Å². The first-order valence-electron chi connectivity index (χ1n) is 5.52. The molecule has 1 aromatic heterocycles. The highest BCUT2D eigenvalue weighted by molar-refractivity contribution is 7.99. The van der Waals surface area contributed by atoms with Crippen molar-refractivity contribution < 1.29 is 0 Å². The summed E-state index contributed by atoms with van der Waals surface area (Å²) in [6.45, 7) is 3.77. The van der Waals surface area contributed by atoms with Crippen LogP contribution in [0.25, 0.3) is 0 Å². The van der Waals surface area contributed by atoms with Gasteiger partial charge in [0.15, 0.2) is 0 Å². The van der Waals surface area contributed by atoms with E-state index in [1.54, 1.807) is 0 Å². The van der Waals surface area contributed by atoms with E-state index >= 15 is 0 Å². The van der Waals surface area contributed by atoms with Gasteiger partial charge in [-0.05, 0) is 32.0 Å². The lowest BCUT2D eigenvalue weighted by Gasteiger charge is -2.09. The molecule has 1 heterocycles. The van der Waals surface area contributed by atoms with Crippen molar-refractivity contribution >= 4 is 17.4 Å². The van der Waals surface area contributed by atoms with Crippen molar-refractivity contribution in [3.05, 3.63) is 47.3 Å². The number of pyridine rings is 1. The highest BCUT2D eigenvalue weighted by Gasteiger charge is 2.10. The first-order valence-corrected chi connectivity index (χ1v) is 6.34. The van der Waals surface area contributed by atoms with Crippen LogP contribution in [0.4, 0.5) is 5.69 Å². The van der Waals surface area contributed by atoms with Crippen molar-refractivity contribution in [2.75, 3.05) is 5.73 Å². The van der Waals surface area contributed by atoms with E-state index in [0.717, 1.165) is 26.9 Å². The second-order valence-corrected chi connectivity index (χ2v) is 5.06. The van der Waals surface area contributed by atoms with Gasteiger partial charge >= 0.3 is 0 Å². The fourth-order valence-electron chi connectivity index (χ4n) is 1.70. The Hall–Kier alpha value is -1.99. The summed E-state index contributed by atoms with van der Waals surface area (Å²) >= 11 is 1.51. The van der Waals surface area contributed by atoms with Crippen LogP contribution in [0.3, 0.4) is 0 Å². The predicted molar refractivity (Wildman–Crippen MR) is 73.4 cm³/mol. The summed E-state index contributed by atoms with van der Waals surface area (Å²) in [5.41, 5.74) is 8.92. The summed E-state index contributed by atoms with van der Waals surface area (Å²) in [6, 6.07) is 11.8. The average molecular weight is 255 g/mol. The largest absolute Gasteiger partial charge is 0.398 e. The van der Waals surface area contributed by atoms with Crippen LogP contribution in [0.15, 0.2) is 40.1 Å². The van der Waals surface area contributed by atoms with E-state index in [1.165, 1.54) is 11.8 Å². The number of hydrogen-bond donors (Lipinski definition) is 1. The fourth-order valence-corrected chi connectivity index (χ4v) is 2.80. The maximum atomic E-state index is 9.20. The molecular formula is C14H13N3S. The first kappa shape index (κ1) is 12.5. The van der Waals surface area contributed by atoms with Crippen molar-refractivity contribution in [1.82, 2.24) is 4.98 Å². The third-order valence-corrected chi connectivity index (χ3v) is 3.68. The topological polar surface area (TPSA) is 62.7 Å². The monoisotopic (exact) mass is 255 g/mol. The summed E-state index contributed by atoms with van der Waals surface area (Å²) < 4.78 is 0. The SMILES string of the molecule is Cc1cc(Sc2ccccc2N)c(C#N)c(C)n1. The third-order valence-electron chi connectivity index (χ3n) is 2.54. The van der Waals surface area contributed by atoms with E-state index in [2.05, 4.69) is 11.1 Å². The molecule has 90 valence electrons. The molecule has 0 bridgehead atoms. The van der Waals surface area contributed by atoms with E-state index in [0.29, 0.717) is 5.56 Å². The predicted octanol–water partition coefficient (Wildman–Crippen LogP) is 3.30. The Morgan fingerprint density at radius 3 is 2.61 bits per heavy atom. The van der Waals surface area contributed by atoms with Gasteiger partial charge in [0.2, 0.25) is 0 Å². The number of para-hydroxylation sites is 1. The summed E-state index contributed by atoms with van der Waals surface area (Å²) in [6.07, 6.45) is 0. The summed E-state index contributed by atoms with van der Waals surface area (Å²) in [4.78, 5) is 6.16. The number of nitrogen functional groups attached to an aromatic ring is 1. The van der Waals surface area contributed by atoms with Crippen molar-refractivity contribution in [3.8, 4) is 6.07 Å². The first-order chi connectivity index (χ1) is 8.61. The number of rotatable bonds is 2. The van der Waals surface area contributed by atoms with Crippen LogP contribution >= 0.6 is 11.8 Å². The molecule has 0 fully saturated rings. The van der Waals surface area contributed by atoms with Gasteiger partial charge in [0.25, 0.3) is 0 Å². The number of aromatic nitrogens is 1. The number of hydrogen-bond acceptors (Lipinski definition) is 4. The molecule has 0 unspecified atom stereocenters. The van der Waals surface area contributed by atoms with Crippen LogP contribution in [0.5, 0.6) is 0 Å². The van der Waals surface area contributed by atoms with E-state index < -0.39 is 0 Å². The van der Waals surface area contributed by atoms with Crippen LogP contribution in [0.2, 0.25) is 0 Å². The molecule has 0 atom stereocenters. The zero-order chi connectivity index (χ0) is 13.1. The highest BCUT2D eigenvalue weighted by atomic mass is 32.2. The molecule has 4 heteroatoms. The number of benzene rings is 1. The highest BCUT2D eigenvalue weighted by Crippen LogP contribution is 2.34. The standard InChI is InChI=1S/C14H13N3S/c1-9-7-14(11(8-15)10(2)17-9)18-13-6-4-3-5-12(13)16/h3-7H,16H2,1-2H3. The lowest BCUT2D eigenvalue weighted by molar-refractivity contribution is 1.07. The number of nitriles is 1. The van der Waals surface area contributed by atoms with Crippen LogP contribution < -0.4 is 5.73 Å². The molecule has 0 radical (unpaired) electrons. The smallest absolute Gasteiger partial charge is 0.102 e. The molecule has 0 saturated carbocycles. The minimum absolute atomic E-state index is 0.619. The Kier molecular flexibility index (Phi) is 3.54. The Balaban J connectivity index is 2.47. The second-order valence-electron chi connectivity index (χ2n) is 3.97. The lowest BCUT2D eigenvalue weighted by Crippen LogP contribution is -1.95. The third kappa shape index (κ3) is 2.47. The minimum Gasteiger partial charge on any atom is -0.398 e. The van der Waals surface area contributed by atoms with E-state index in [4.69, 9.17) is 5.73 Å². The lowest BCUT2D eigenvalue weighted by atomic mass is 10.2. The average Bonchev–Trinajstić information content (AvgIpc) is 2.31. The van der Waals surface area contributed by atoms with Gasteiger partial charge in [-0.25, -0.2) is 0 Å². The Morgan fingerprint density at radius 1 is 1.22 bits per heavy atom. The van der Waals surface area contributed by atoms with Gasteiger partial charge in [-0.15, -0.1) is 0 Å². The van der Waals surface area contributed by atoms with Crippen molar-refractivity contribution in [2.45, 2.75) is 23.6 Å². The normalized spacial score (nSPS) is 10.1. The van der Waals surface area contributed by atoms with E-state index in [9.17, 15) is 5.26 Å². The maximum Gasteiger partial charge on any atom is 0.102 e. The molecule has 18 heavy (non-hydrogen) atoms. The number of nitrogens with two attached hydrogens (primary N) is 1. The zero-order valence-electron chi connectivity index (χ0n) is 10.3. The fraction of sp³-hybridized carbons (Fsp3) is 0.143. The zero-order valence-corrected chi connectivity index (χ0v) is 11.1. The van der Waals surface area contributed by atoms with Gasteiger partial charge in [-0.2, -0.15) is 5.26 Å². The van der Waals surface area contributed by atoms with Crippen molar-refractivity contribution in [1.29, 1.82) is 5.26 Å². The summed E-state index contributed by atoms with van der Waals surface area (Å²) in [7, 11) is 0. The minimum atomic E-state index is 0.619. The van der Waals surface area contributed by atoms with E-state index in [-0.39, 0.29) is 0 Å². The van der Waals surface area contributed by atoms with Crippen LogP contribution in [-0.4, -0.2) is 4.98 Å². The van der Waals surface area contributed by atoms with Crippen LogP contribution in [-0.2, 0) is 0 Å². The molecule has 2 aromatic rings. The Labute approximate surface area is 111 Å². The number of anilines is 1. The van der Waals surface area contributed by atoms with Gasteiger partial charge in [0, 0.05) is 21.2 Å².